The van der Waals surface area contributed by atoms with Crippen LogP contribution in [0.3, 0.4) is 0 Å². The number of aromatic nitrogens is 1. The lowest BCUT2D eigenvalue weighted by molar-refractivity contribution is -0.0600. The standard InChI is InChI=1S/C29H41N3O3S/c1-17-13-18(2)30-28(35-6)24(17)16-31-12-11-25-26(29(31)33)20(4)27(36-25)19(3)21-7-9-22(10-8-21)32-14-23(15-32)34-5/h13,19,21-23H,7-12,14-16H2,1-6H3/t19-,21?,22?/m1/s1. The van der Waals surface area contributed by atoms with Crippen LogP contribution in [-0.2, 0) is 17.7 Å². The lowest BCUT2D eigenvalue weighted by Crippen LogP contribution is -2.56. The zero-order valence-corrected chi connectivity index (χ0v) is 23.5. The summed E-state index contributed by atoms with van der Waals surface area (Å²) in [4.78, 5) is 25.6. The number of rotatable bonds is 7. The van der Waals surface area contributed by atoms with Gasteiger partial charge in [0.2, 0.25) is 5.88 Å². The highest BCUT2D eigenvalue weighted by Crippen LogP contribution is 2.44. The molecule has 0 N–H and O–H groups in total. The minimum absolute atomic E-state index is 0.166. The number of fused-ring (bicyclic) bond motifs is 1. The Morgan fingerprint density at radius 2 is 1.86 bits per heavy atom. The summed E-state index contributed by atoms with van der Waals surface area (Å²) in [5.74, 6) is 2.01. The molecule has 3 aliphatic rings. The molecule has 1 saturated carbocycles. The van der Waals surface area contributed by atoms with E-state index in [2.05, 4.69) is 36.7 Å². The molecule has 5 rings (SSSR count). The summed E-state index contributed by atoms with van der Waals surface area (Å²) >= 11 is 1.90. The maximum Gasteiger partial charge on any atom is 0.255 e. The van der Waals surface area contributed by atoms with Gasteiger partial charge in [0.25, 0.3) is 5.91 Å². The first-order valence-corrected chi connectivity index (χ1v) is 14.3. The Morgan fingerprint density at radius 3 is 2.53 bits per heavy atom. The van der Waals surface area contributed by atoms with E-state index in [0.717, 1.165) is 54.5 Å². The van der Waals surface area contributed by atoms with Crippen LogP contribution in [0.1, 0.15) is 81.0 Å². The van der Waals surface area contributed by atoms with Crippen LogP contribution in [0.25, 0.3) is 0 Å². The number of carbonyl (C=O) groups excluding carboxylic acids is 1. The maximum absolute atomic E-state index is 13.7. The van der Waals surface area contributed by atoms with Crippen LogP contribution >= 0.6 is 11.3 Å². The van der Waals surface area contributed by atoms with Gasteiger partial charge in [0, 0.05) is 60.2 Å². The third-order valence-electron chi connectivity index (χ3n) is 8.93. The van der Waals surface area contributed by atoms with Crippen LogP contribution < -0.4 is 4.74 Å². The van der Waals surface area contributed by atoms with Crippen LogP contribution in [0.5, 0.6) is 5.88 Å². The van der Waals surface area contributed by atoms with E-state index in [1.165, 1.54) is 41.0 Å². The van der Waals surface area contributed by atoms with E-state index in [4.69, 9.17) is 9.47 Å². The van der Waals surface area contributed by atoms with E-state index in [-0.39, 0.29) is 5.91 Å². The predicted molar refractivity (Wildman–Crippen MR) is 144 cm³/mol. The Balaban J connectivity index is 1.27. The number of amides is 1. The van der Waals surface area contributed by atoms with Crippen LogP contribution in [0, 0.1) is 26.7 Å². The van der Waals surface area contributed by atoms with Gasteiger partial charge in [-0.05, 0) is 75.5 Å². The van der Waals surface area contributed by atoms with Crippen molar-refractivity contribution in [2.75, 3.05) is 33.9 Å². The molecule has 2 fully saturated rings. The van der Waals surface area contributed by atoms with E-state index >= 15 is 0 Å². The van der Waals surface area contributed by atoms with Gasteiger partial charge in [-0.25, -0.2) is 4.98 Å². The molecule has 6 nitrogen and oxygen atoms in total. The number of ether oxygens (including phenoxy) is 2. The molecule has 0 unspecified atom stereocenters. The van der Waals surface area contributed by atoms with Crippen molar-refractivity contribution in [3.63, 3.8) is 0 Å². The SMILES string of the molecule is COc1nc(C)cc(C)c1CN1CCc2sc([C@H](C)C3CCC(N4CC(OC)C4)CC3)c(C)c2C1=O. The van der Waals surface area contributed by atoms with Gasteiger partial charge in [-0.3, -0.25) is 9.69 Å². The fraction of sp³-hybridized carbons (Fsp3) is 0.655. The molecule has 1 atom stereocenters. The highest BCUT2D eigenvalue weighted by Gasteiger charge is 2.37. The molecule has 0 aromatic carbocycles. The monoisotopic (exact) mass is 511 g/mol. The highest BCUT2D eigenvalue weighted by atomic mass is 32.1. The van der Waals surface area contributed by atoms with Gasteiger partial charge in [0.1, 0.15) is 0 Å². The molecule has 0 spiro atoms. The number of thiophene rings is 1. The molecule has 0 bridgehead atoms. The van der Waals surface area contributed by atoms with Crippen LogP contribution in [0.2, 0.25) is 0 Å². The lowest BCUT2D eigenvalue weighted by Gasteiger charge is -2.46. The first-order valence-electron chi connectivity index (χ1n) is 13.5. The topological polar surface area (TPSA) is 54.9 Å². The van der Waals surface area contributed by atoms with Gasteiger partial charge in [0.15, 0.2) is 0 Å². The van der Waals surface area contributed by atoms with Gasteiger partial charge < -0.3 is 14.4 Å². The van der Waals surface area contributed by atoms with Crippen LogP contribution in [0.15, 0.2) is 6.07 Å². The normalized spacial score (nSPS) is 23.9. The molecule has 196 valence electrons. The zero-order chi connectivity index (χ0) is 25.6. The van der Waals surface area contributed by atoms with Crippen molar-refractivity contribution in [1.82, 2.24) is 14.8 Å². The molecule has 1 saturated heterocycles. The summed E-state index contributed by atoms with van der Waals surface area (Å²) in [5.41, 5.74) is 5.25. The average Bonchev–Trinajstić information content (AvgIpc) is 3.18. The third-order valence-corrected chi connectivity index (χ3v) is 10.5. The van der Waals surface area contributed by atoms with Crippen LogP contribution in [0.4, 0.5) is 0 Å². The van der Waals surface area contributed by atoms with Crippen LogP contribution in [-0.4, -0.2) is 66.7 Å². The number of hydrogen-bond acceptors (Lipinski definition) is 6. The van der Waals surface area contributed by atoms with Gasteiger partial charge in [-0.2, -0.15) is 0 Å². The number of carbonyl (C=O) groups is 1. The lowest BCUT2D eigenvalue weighted by atomic mass is 9.76. The Morgan fingerprint density at radius 1 is 1.14 bits per heavy atom. The van der Waals surface area contributed by atoms with E-state index in [1.54, 1.807) is 7.11 Å². The number of methoxy groups -OCH3 is 2. The number of likely N-dealkylation sites (tertiary alicyclic amines) is 1. The molecule has 0 radical (unpaired) electrons. The molecule has 36 heavy (non-hydrogen) atoms. The Hall–Kier alpha value is -1.96. The van der Waals surface area contributed by atoms with E-state index in [9.17, 15) is 4.79 Å². The largest absolute Gasteiger partial charge is 0.481 e. The van der Waals surface area contributed by atoms with Crippen molar-refractivity contribution in [3.8, 4) is 5.88 Å². The molecule has 2 aromatic heterocycles. The van der Waals surface area contributed by atoms with Crippen molar-refractivity contribution >= 4 is 17.2 Å². The van der Waals surface area contributed by atoms with Gasteiger partial charge >= 0.3 is 0 Å². The first-order chi connectivity index (χ1) is 17.3. The molecule has 2 aliphatic heterocycles. The van der Waals surface area contributed by atoms with E-state index in [0.29, 0.717) is 30.4 Å². The molecular weight excluding hydrogens is 470 g/mol. The van der Waals surface area contributed by atoms with Gasteiger partial charge in [-0.15, -0.1) is 11.3 Å². The number of nitrogens with zero attached hydrogens (tertiary/aromatic N) is 3. The Labute approximate surface area is 220 Å². The van der Waals surface area contributed by atoms with Gasteiger partial charge in [0.05, 0.1) is 25.3 Å². The summed E-state index contributed by atoms with van der Waals surface area (Å²) < 4.78 is 11.0. The molecular formula is C29H41N3O3S. The fourth-order valence-electron chi connectivity index (χ4n) is 6.61. The zero-order valence-electron chi connectivity index (χ0n) is 22.7. The minimum atomic E-state index is 0.166. The summed E-state index contributed by atoms with van der Waals surface area (Å²) in [6.07, 6.45) is 6.50. The van der Waals surface area contributed by atoms with E-state index < -0.39 is 0 Å². The minimum Gasteiger partial charge on any atom is -0.481 e. The average molecular weight is 512 g/mol. The maximum atomic E-state index is 13.7. The Kier molecular flexibility index (Phi) is 7.44. The predicted octanol–water partition coefficient (Wildman–Crippen LogP) is 5.27. The molecule has 1 amide bonds. The molecule has 2 aromatic rings. The van der Waals surface area contributed by atoms with Crippen molar-refractivity contribution in [3.05, 3.63) is 43.8 Å². The van der Waals surface area contributed by atoms with E-state index in [1.807, 2.05) is 30.3 Å². The highest BCUT2D eigenvalue weighted by molar-refractivity contribution is 7.12. The first kappa shape index (κ1) is 25.7. The summed E-state index contributed by atoms with van der Waals surface area (Å²) in [6.45, 7) is 12.1. The van der Waals surface area contributed by atoms with Crippen molar-refractivity contribution < 1.29 is 14.3 Å². The smallest absolute Gasteiger partial charge is 0.255 e. The fourth-order valence-corrected chi connectivity index (χ4v) is 8.04. The second-order valence-electron chi connectivity index (χ2n) is 11.1. The van der Waals surface area contributed by atoms with Crippen molar-refractivity contribution in [1.29, 1.82) is 0 Å². The number of aryl methyl sites for hydroxylation is 2. The second-order valence-corrected chi connectivity index (χ2v) is 12.2. The number of pyridine rings is 1. The third kappa shape index (κ3) is 4.70. The second kappa shape index (κ2) is 10.4. The van der Waals surface area contributed by atoms with Crippen molar-refractivity contribution in [2.24, 2.45) is 5.92 Å². The molecule has 1 aliphatic carbocycles. The van der Waals surface area contributed by atoms with Gasteiger partial charge in [-0.1, -0.05) is 6.92 Å². The summed E-state index contributed by atoms with van der Waals surface area (Å²) in [7, 11) is 3.48. The summed E-state index contributed by atoms with van der Waals surface area (Å²) in [6, 6.07) is 2.80. The van der Waals surface area contributed by atoms with Crippen molar-refractivity contribution in [2.45, 2.75) is 84.4 Å². The quantitative estimate of drug-likeness (QED) is 0.507. The number of hydrogen-bond donors (Lipinski definition) is 0. The summed E-state index contributed by atoms with van der Waals surface area (Å²) in [5, 5.41) is 0. The molecule has 7 heteroatoms. The Bertz CT molecular complexity index is 1120. The molecule has 4 heterocycles.